The summed E-state index contributed by atoms with van der Waals surface area (Å²) in [6.45, 7) is 2.25. The zero-order valence-corrected chi connectivity index (χ0v) is 10.3. The largest absolute Gasteiger partial charge is 0.497 e. The summed E-state index contributed by atoms with van der Waals surface area (Å²) in [5.74, 6) is 0.936. The first-order valence-corrected chi connectivity index (χ1v) is 5.76. The predicted molar refractivity (Wildman–Crippen MR) is 67.3 cm³/mol. The Labute approximate surface area is 97.6 Å². The molecule has 1 heterocycles. The summed E-state index contributed by atoms with van der Waals surface area (Å²) in [7, 11) is 6.02. The maximum atomic E-state index is 5.25. The molecule has 1 aromatic carbocycles. The lowest BCUT2D eigenvalue weighted by molar-refractivity contribution is 0.315. The van der Waals surface area contributed by atoms with E-state index < -0.39 is 0 Å². The van der Waals surface area contributed by atoms with Gasteiger partial charge in [-0.2, -0.15) is 0 Å². The lowest BCUT2D eigenvalue weighted by Gasteiger charge is -2.22. The highest BCUT2D eigenvalue weighted by Gasteiger charge is 2.24. The van der Waals surface area contributed by atoms with Gasteiger partial charge < -0.3 is 14.5 Å². The van der Waals surface area contributed by atoms with Gasteiger partial charge in [-0.3, -0.25) is 0 Å². The number of methoxy groups -OCH3 is 1. The molecule has 0 aliphatic carbocycles. The third-order valence-electron chi connectivity index (χ3n) is 3.31. The Morgan fingerprint density at radius 2 is 2.19 bits per heavy atom. The van der Waals surface area contributed by atoms with Crippen LogP contribution in [0.1, 0.15) is 6.42 Å². The summed E-state index contributed by atoms with van der Waals surface area (Å²) < 4.78 is 5.25. The smallest absolute Gasteiger partial charge is 0.120 e. The third kappa shape index (κ3) is 2.30. The lowest BCUT2D eigenvalue weighted by atomic mass is 10.2. The Bertz CT molecular complexity index is 352. The fraction of sp³-hybridized carbons (Fsp3) is 0.538. The van der Waals surface area contributed by atoms with E-state index in [1.807, 2.05) is 6.07 Å². The Balaban J connectivity index is 2.08. The highest BCUT2D eigenvalue weighted by Crippen LogP contribution is 2.25. The van der Waals surface area contributed by atoms with Crippen LogP contribution in [0.3, 0.4) is 0 Å². The number of nitrogens with zero attached hydrogens (tertiary/aromatic N) is 2. The fourth-order valence-electron chi connectivity index (χ4n) is 2.21. The molecular weight excluding hydrogens is 200 g/mol. The number of rotatable bonds is 3. The van der Waals surface area contributed by atoms with Gasteiger partial charge in [-0.1, -0.05) is 6.07 Å². The molecule has 0 radical (unpaired) electrons. The van der Waals surface area contributed by atoms with E-state index in [2.05, 4.69) is 42.1 Å². The second-order valence-corrected chi connectivity index (χ2v) is 4.55. The molecule has 0 unspecified atom stereocenters. The highest BCUT2D eigenvalue weighted by atomic mass is 16.5. The van der Waals surface area contributed by atoms with Crippen LogP contribution in [-0.4, -0.2) is 45.2 Å². The van der Waals surface area contributed by atoms with E-state index in [-0.39, 0.29) is 0 Å². The molecule has 1 saturated heterocycles. The molecule has 1 fully saturated rings. The first kappa shape index (κ1) is 11.3. The van der Waals surface area contributed by atoms with Crippen molar-refractivity contribution >= 4 is 5.69 Å². The number of anilines is 1. The molecule has 0 aromatic heterocycles. The van der Waals surface area contributed by atoms with E-state index in [0.717, 1.165) is 18.8 Å². The van der Waals surface area contributed by atoms with Gasteiger partial charge in [0.05, 0.1) is 7.11 Å². The van der Waals surface area contributed by atoms with Crippen molar-refractivity contribution in [2.45, 2.75) is 12.5 Å². The Morgan fingerprint density at radius 1 is 1.38 bits per heavy atom. The van der Waals surface area contributed by atoms with Crippen molar-refractivity contribution in [2.75, 3.05) is 39.2 Å². The molecule has 0 N–H and O–H groups in total. The number of likely N-dealkylation sites (N-methyl/N-ethyl adjacent to an activating group) is 1. The molecule has 0 amide bonds. The number of hydrogen-bond acceptors (Lipinski definition) is 3. The van der Waals surface area contributed by atoms with Gasteiger partial charge in [-0.05, 0) is 32.6 Å². The molecule has 0 bridgehead atoms. The molecule has 16 heavy (non-hydrogen) atoms. The summed E-state index contributed by atoms with van der Waals surface area (Å²) in [6.07, 6.45) is 1.24. The van der Waals surface area contributed by atoms with Gasteiger partial charge in [-0.25, -0.2) is 0 Å². The van der Waals surface area contributed by atoms with Crippen LogP contribution in [0, 0.1) is 0 Å². The minimum absolute atomic E-state index is 0.672. The molecular formula is C13H20N2O. The molecule has 1 aliphatic heterocycles. The second-order valence-electron chi connectivity index (χ2n) is 4.55. The van der Waals surface area contributed by atoms with E-state index in [0.29, 0.717) is 6.04 Å². The van der Waals surface area contributed by atoms with Crippen molar-refractivity contribution in [3.63, 3.8) is 0 Å². The highest BCUT2D eigenvalue weighted by molar-refractivity contribution is 5.51. The number of hydrogen-bond donors (Lipinski definition) is 0. The second kappa shape index (κ2) is 4.74. The number of benzene rings is 1. The number of ether oxygens (including phenoxy) is 1. The Morgan fingerprint density at radius 3 is 2.81 bits per heavy atom. The summed E-state index contributed by atoms with van der Waals surface area (Å²) in [5.41, 5.74) is 1.27. The van der Waals surface area contributed by atoms with Crippen molar-refractivity contribution in [1.29, 1.82) is 0 Å². The summed E-state index contributed by atoms with van der Waals surface area (Å²) >= 11 is 0. The van der Waals surface area contributed by atoms with Gasteiger partial charge >= 0.3 is 0 Å². The van der Waals surface area contributed by atoms with Gasteiger partial charge in [0, 0.05) is 30.9 Å². The van der Waals surface area contributed by atoms with Crippen molar-refractivity contribution < 1.29 is 4.74 Å². The van der Waals surface area contributed by atoms with Crippen LogP contribution in [0.5, 0.6) is 5.75 Å². The zero-order chi connectivity index (χ0) is 11.5. The Kier molecular flexibility index (Phi) is 3.34. The van der Waals surface area contributed by atoms with Crippen LogP contribution in [0.25, 0.3) is 0 Å². The van der Waals surface area contributed by atoms with Crippen molar-refractivity contribution in [1.82, 2.24) is 4.90 Å². The van der Waals surface area contributed by atoms with Gasteiger partial charge in [0.1, 0.15) is 5.75 Å². The SMILES string of the molecule is COc1cccc(N2CC[C@H](N(C)C)C2)c1. The summed E-state index contributed by atoms with van der Waals surface area (Å²) in [6, 6.07) is 8.98. The molecule has 1 atom stereocenters. The standard InChI is InChI=1S/C13H20N2O/c1-14(2)12-7-8-15(10-12)11-5-4-6-13(9-11)16-3/h4-6,9,12H,7-8,10H2,1-3H3/t12-/m0/s1. The quantitative estimate of drug-likeness (QED) is 0.773. The molecule has 0 spiro atoms. The zero-order valence-electron chi connectivity index (χ0n) is 10.3. The van der Waals surface area contributed by atoms with Crippen LogP contribution >= 0.6 is 0 Å². The minimum Gasteiger partial charge on any atom is -0.497 e. The monoisotopic (exact) mass is 220 g/mol. The predicted octanol–water partition coefficient (Wildman–Crippen LogP) is 1.84. The van der Waals surface area contributed by atoms with Crippen LogP contribution in [0.2, 0.25) is 0 Å². The summed E-state index contributed by atoms with van der Waals surface area (Å²) in [4.78, 5) is 4.73. The third-order valence-corrected chi connectivity index (χ3v) is 3.31. The first-order chi connectivity index (χ1) is 7.70. The molecule has 1 aliphatic rings. The fourth-order valence-corrected chi connectivity index (χ4v) is 2.21. The van der Waals surface area contributed by atoms with Gasteiger partial charge in [-0.15, -0.1) is 0 Å². The molecule has 3 heteroatoms. The molecule has 88 valence electrons. The van der Waals surface area contributed by atoms with Crippen molar-refractivity contribution in [3.8, 4) is 5.75 Å². The first-order valence-electron chi connectivity index (χ1n) is 5.76. The van der Waals surface area contributed by atoms with Crippen molar-refractivity contribution in [3.05, 3.63) is 24.3 Å². The minimum atomic E-state index is 0.672. The van der Waals surface area contributed by atoms with Crippen LogP contribution in [0.4, 0.5) is 5.69 Å². The van der Waals surface area contributed by atoms with Crippen LogP contribution in [-0.2, 0) is 0 Å². The molecule has 3 nitrogen and oxygen atoms in total. The average Bonchev–Trinajstić information content (AvgIpc) is 2.78. The molecule has 0 saturated carbocycles. The normalized spacial score (nSPS) is 20.5. The van der Waals surface area contributed by atoms with E-state index in [9.17, 15) is 0 Å². The van der Waals surface area contributed by atoms with Gasteiger partial charge in [0.25, 0.3) is 0 Å². The molecule has 2 rings (SSSR count). The Hall–Kier alpha value is -1.22. The average molecular weight is 220 g/mol. The maximum absolute atomic E-state index is 5.25. The summed E-state index contributed by atoms with van der Waals surface area (Å²) in [5, 5.41) is 0. The van der Waals surface area contributed by atoms with Crippen LogP contribution in [0.15, 0.2) is 24.3 Å². The van der Waals surface area contributed by atoms with Crippen LogP contribution < -0.4 is 9.64 Å². The van der Waals surface area contributed by atoms with E-state index >= 15 is 0 Å². The van der Waals surface area contributed by atoms with Gasteiger partial charge in [0.15, 0.2) is 0 Å². The van der Waals surface area contributed by atoms with E-state index in [4.69, 9.17) is 4.74 Å². The molecule has 1 aromatic rings. The van der Waals surface area contributed by atoms with E-state index in [1.165, 1.54) is 12.1 Å². The van der Waals surface area contributed by atoms with Crippen molar-refractivity contribution in [2.24, 2.45) is 0 Å². The maximum Gasteiger partial charge on any atom is 0.120 e. The van der Waals surface area contributed by atoms with Gasteiger partial charge in [0.2, 0.25) is 0 Å². The topological polar surface area (TPSA) is 15.7 Å². The van der Waals surface area contributed by atoms with E-state index in [1.54, 1.807) is 7.11 Å². The lowest BCUT2D eigenvalue weighted by Crippen LogP contribution is -2.31.